The first-order valence-electron chi connectivity index (χ1n) is 4.66. The Morgan fingerprint density at radius 3 is 3.15 bits per heavy atom. The van der Waals surface area contributed by atoms with E-state index in [4.69, 9.17) is 6.42 Å². The summed E-state index contributed by atoms with van der Waals surface area (Å²) in [6, 6.07) is 4.20. The van der Waals surface area contributed by atoms with Crippen LogP contribution in [-0.2, 0) is 13.1 Å². The average molecular weight is 176 g/mol. The number of terminal acetylenes is 1. The van der Waals surface area contributed by atoms with Crippen molar-refractivity contribution in [3.05, 3.63) is 24.0 Å². The Balaban J connectivity index is 2.32. The Bertz CT molecular complexity index is 281. The van der Waals surface area contributed by atoms with Gasteiger partial charge in [0.1, 0.15) is 0 Å². The summed E-state index contributed by atoms with van der Waals surface area (Å²) in [4.78, 5) is 0. The lowest BCUT2D eigenvalue weighted by Crippen LogP contribution is -2.16. The van der Waals surface area contributed by atoms with Gasteiger partial charge < -0.3 is 9.88 Å². The van der Waals surface area contributed by atoms with Gasteiger partial charge in [0, 0.05) is 37.9 Å². The summed E-state index contributed by atoms with van der Waals surface area (Å²) in [7, 11) is 0. The molecule has 1 aromatic rings. The quantitative estimate of drug-likeness (QED) is 0.533. The van der Waals surface area contributed by atoms with Gasteiger partial charge in [0.05, 0.1) is 0 Å². The first-order chi connectivity index (χ1) is 6.38. The van der Waals surface area contributed by atoms with E-state index in [2.05, 4.69) is 41.1 Å². The van der Waals surface area contributed by atoms with E-state index in [1.165, 1.54) is 5.69 Å². The Labute approximate surface area is 80.0 Å². The van der Waals surface area contributed by atoms with Crippen molar-refractivity contribution in [2.24, 2.45) is 0 Å². The van der Waals surface area contributed by atoms with Crippen molar-refractivity contribution in [3.8, 4) is 12.3 Å². The molecule has 0 aliphatic carbocycles. The number of hydrogen-bond acceptors (Lipinski definition) is 1. The third-order valence-corrected chi connectivity index (χ3v) is 2.02. The molecular weight excluding hydrogens is 160 g/mol. The standard InChI is InChI=1S/C11H16N2/c1-3-5-8-12-10-11-7-6-9-13(11)4-2/h1,6-7,9,12H,4-5,8,10H2,2H3. The van der Waals surface area contributed by atoms with Gasteiger partial charge in [-0.25, -0.2) is 0 Å². The van der Waals surface area contributed by atoms with Gasteiger partial charge in [-0.05, 0) is 19.1 Å². The van der Waals surface area contributed by atoms with Gasteiger partial charge in [0.2, 0.25) is 0 Å². The fraction of sp³-hybridized carbons (Fsp3) is 0.455. The molecule has 0 saturated heterocycles. The molecule has 1 N–H and O–H groups in total. The minimum atomic E-state index is 0.798. The molecule has 0 aliphatic heterocycles. The molecule has 1 heterocycles. The Morgan fingerprint density at radius 1 is 1.62 bits per heavy atom. The van der Waals surface area contributed by atoms with Gasteiger partial charge in [-0.1, -0.05) is 0 Å². The molecule has 0 saturated carbocycles. The van der Waals surface area contributed by atoms with Crippen LogP contribution in [0.15, 0.2) is 18.3 Å². The van der Waals surface area contributed by atoms with E-state index in [0.29, 0.717) is 0 Å². The predicted octanol–water partition coefficient (Wildman–Crippen LogP) is 1.62. The Morgan fingerprint density at radius 2 is 2.46 bits per heavy atom. The maximum Gasteiger partial charge on any atom is 0.0359 e. The molecule has 0 aromatic carbocycles. The molecular formula is C11H16N2. The van der Waals surface area contributed by atoms with E-state index < -0.39 is 0 Å². The summed E-state index contributed by atoms with van der Waals surface area (Å²) >= 11 is 0. The highest BCUT2D eigenvalue weighted by molar-refractivity contribution is 5.06. The first-order valence-corrected chi connectivity index (χ1v) is 4.66. The Hall–Kier alpha value is -1.20. The van der Waals surface area contributed by atoms with Gasteiger partial charge in [-0.15, -0.1) is 12.3 Å². The van der Waals surface area contributed by atoms with Crippen molar-refractivity contribution in [3.63, 3.8) is 0 Å². The largest absolute Gasteiger partial charge is 0.351 e. The summed E-state index contributed by atoms with van der Waals surface area (Å²) in [6.45, 7) is 4.97. The molecule has 0 spiro atoms. The SMILES string of the molecule is C#CCCNCc1cccn1CC. The third kappa shape index (κ3) is 2.96. The zero-order valence-corrected chi connectivity index (χ0v) is 8.09. The third-order valence-electron chi connectivity index (χ3n) is 2.02. The topological polar surface area (TPSA) is 17.0 Å². The van der Waals surface area contributed by atoms with Gasteiger partial charge in [-0.2, -0.15) is 0 Å². The van der Waals surface area contributed by atoms with Crippen molar-refractivity contribution in [2.45, 2.75) is 26.4 Å². The molecule has 0 atom stereocenters. The second-order valence-electron chi connectivity index (χ2n) is 2.92. The van der Waals surface area contributed by atoms with Crippen molar-refractivity contribution >= 4 is 0 Å². The number of rotatable bonds is 5. The lowest BCUT2D eigenvalue weighted by Gasteiger charge is -2.06. The summed E-state index contributed by atoms with van der Waals surface area (Å²) in [5, 5.41) is 3.30. The van der Waals surface area contributed by atoms with Crippen LogP contribution in [-0.4, -0.2) is 11.1 Å². The van der Waals surface area contributed by atoms with Crippen LogP contribution < -0.4 is 5.32 Å². The maximum absolute atomic E-state index is 5.15. The van der Waals surface area contributed by atoms with E-state index in [1.54, 1.807) is 0 Å². The van der Waals surface area contributed by atoms with Crippen molar-refractivity contribution in [1.29, 1.82) is 0 Å². The predicted molar refractivity (Wildman–Crippen MR) is 55.3 cm³/mol. The summed E-state index contributed by atoms with van der Waals surface area (Å²) in [6.07, 6.45) is 8.04. The van der Waals surface area contributed by atoms with Gasteiger partial charge in [-0.3, -0.25) is 0 Å². The minimum Gasteiger partial charge on any atom is -0.351 e. The van der Waals surface area contributed by atoms with Crippen molar-refractivity contribution in [2.75, 3.05) is 6.54 Å². The van der Waals surface area contributed by atoms with Gasteiger partial charge in [0.15, 0.2) is 0 Å². The molecule has 1 aromatic heterocycles. The molecule has 0 bridgehead atoms. The van der Waals surface area contributed by atoms with Crippen LogP contribution in [0, 0.1) is 12.3 Å². The summed E-state index contributed by atoms with van der Waals surface area (Å²) < 4.78 is 2.23. The molecule has 2 heteroatoms. The summed E-state index contributed by atoms with van der Waals surface area (Å²) in [5.74, 6) is 2.61. The second-order valence-corrected chi connectivity index (χ2v) is 2.92. The van der Waals surface area contributed by atoms with Gasteiger partial charge in [0.25, 0.3) is 0 Å². The van der Waals surface area contributed by atoms with E-state index >= 15 is 0 Å². The normalized spacial score (nSPS) is 9.85. The van der Waals surface area contributed by atoms with Crippen LogP contribution in [0.5, 0.6) is 0 Å². The highest BCUT2D eigenvalue weighted by Crippen LogP contribution is 2.00. The molecule has 0 radical (unpaired) electrons. The second kappa shape index (κ2) is 5.45. The number of aromatic nitrogens is 1. The molecule has 1 rings (SSSR count). The molecule has 0 unspecified atom stereocenters. The number of nitrogens with zero attached hydrogens (tertiary/aromatic N) is 1. The molecule has 0 fully saturated rings. The van der Waals surface area contributed by atoms with E-state index in [-0.39, 0.29) is 0 Å². The fourth-order valence-electron chi connectivity index (χ4n) is 1.30. The zero-order valence-electron chi connectivity index (χ0n) is 8.09. The van der Waals surface area contributed by atoms with E-state index in [9.17, 15) is 0 Å². The summed E-state index contributed by atoms with van der Waals surface area (Å²) in [5.41, 5.74) is 1.32. The molecule has 2 nitrogen and oxygen atoms in total. The van der Waals surface area contributed by atoms with Crippen molar-refractivity contribution in [1.82, 2.24) is 9.88 Å². The molecule has 13 heavy (non-hydrogen) atoms. The van der Waals surface area contributed by atoms with E-state index in [1.807, 2.05) is 0 Å². The highest BCUT2D eigenvalue weighted by atomic mass is 15.0. The number of hydrogen-bond donors (Lipinski definition) is 1. The van der Waals surface area contributed by atoms with Crippen molar-refractivity contribution < 1.29 is 0 Å². The minimum absolute atomic E-state index is 0.798. The lowest BCUT2D eigenvalue weighted by molar-refractivity contribution is 0.635. The van der Waals surface area contributed by atoms with Gasteiger partial charge >= 0.3 is 0 Å². The van der Waals surface area contributed by atoms with Crippen LogP contribution in [0.25, 0.3) is 0 Å². The smallest absolute Gasteiger partial charge is 0.0359 e. The van der Waals surface area contributed by atoms with Crippen LogP contribution in [0.3, 0.4) is 0 Å². The average Bonchev–Trinajstić information content (AvgIpc) is 2.60. The fourth-order valence-corrected chi connectivity index (χ4v) is 1.30. The first kappa shape index (κ1) is 9.88. The van der Waals surface area contributed by atoms with E-state index in [0.717, 1.165) is 26.1 Å². The lowest BCUT2D eigenvalue weighted by atomic mass is 10.4. The highest BCUT2D eigenvalue weighted by Gasteiger charge is 1.96. The van der Waals surface area contributed by atoms with Crippen LogP contribution in [0.2, 0.25) is 0 Å². The Kier molecular flexibility index (Phi) is 4.14. The molecule has 0 aliphatic rings. The molecule has 0 amide bonds. The number of aryl methyl sites for hydroxylation is 1. The molecule has 70 valence electrons. The van der Waals surface area contributed by atoms with Crippen LogP contribution in [0.1, 0.15) is 19.0 Å². The maximum atomic E-state index is 5.15. The van der Waals surface area contributed by atoms with Crippen LogP contribution in [0.4, 0.5) is 0 Å². The van der Waals surface area contributed by atoms with Crippen LogP contribution >= 0.6 is 0 Å². The zero-order chi connectivity index (χ0) is 9.52. The number of nitrogens with one attached hydrogen (secondary N) is 1. The monoisotopic (exact) mass is 176 g/mol.